The van der Waals surface area contributed by atoms with Gasteiger partial charge in [0.1, 0.15) is 0 Å². The van der Waals surface area contributed by atoms with E-state index in [0.29, 0.717) is 6.04 Å². The van der Waals surface area contributed by atoms with E-state index < -0.39 is 0 Å². The predicted octanol–water partition coefficient (Wildman–Crippen LogP) is 2.84. The van der Waals surface area contributed by atoms with Crippen molar-refractivity contribution in [3.05, 3.63) is 11.1 Å². The van der Waals surface area contributed by atoms with Gasteiger partial charge in [-0.25, -0.2) is 4.98 Å². The fourth-order valence-corrected chi connectivity index (χ4v) is 3.06. The minimum absolute atomic E-state index is 0. The van der Waals surface area contributed by atoms with Gasteiger partial charge in [0.15, 0.2) is 5.13 Å². The standard InChI is InChI=1S/C13H21N3OS.ClH/c1-3-4-11-8-18-13(15-11)16-12(17)10-5-6-14-9(2)7-10;/h8-10,14H,3-7H2,1-2H3,(H,15,16,17);1H/t9-,10-;/m0./s1. The molecule has 0 saturated carbocycles. The summed E-state index contributed by atoms with van der Waals surface area (Å²) in [7, 11) is 0. The van der Waals surface area contributed by atoms with Gasteiger partial charge in [-0.15, -0.1) is 23.7 Å². The number of aryl methyl sites for hydroxylation is 1. The van der Waals surface area contributed by atoms with E-state index in [9.17, 15) is 4.79 Å². The zero-order valence-electron chi connectivity index (χ0n) is 11.4. The normalized spacial score (nSPS) is 22.6. The van der Waals surface area contributed by atoms with Crippen molar-refractivity contribution in [2.45, 2.75) is 45.6 Å². The number of hydrogen-bond donors (Lipinski definition) is 2. The second-order valence-electron chi connectivity index (χ2n) is 4.96. The van der Waals surface area contributed by atoms with Crippen molar-refractivity contribution in [3.63, 3.8) is 0 Å². The molecule has 1 aromatic heterocycles. The number of piperidine rings is 1. The highest BCUT2D eigenvalue weighted by molar-refractivity contribution is 7.13. The second-order valence-corrected chi connectivity index (χ2v) is 5.82. The van der Waals surface area contributed by atoms with Gasteiger partial charge in [-0.2, -0.15) is 0 Å². The largest absolute Gasteiger partial charge is 0.314 e. The highest BCUT2D eigenvalue weighted by Gasteiger charge is 2.25. The van der Waals surface area contributed by atoms with Gasteiger partial charge in [-0.1, -0.05) is 13.3 Å². The Kier molecular flexibility index (Phi) is 6.75. The monoisotopic (exact) mass is 303 g/mol. The quantitative estimate of drug-likeness (QED) is 0.899. The van der Waals surface area contributed by atoms with E-state index >= 15 is 0 Å². The molecule has 0 aromatic carbocycles. The molecule has 1 aromatic rings. The van der Waals surface area contributed by atoms with Crippen LogP contribution >= 0.6 is 23.7 Å². The van der Waals surface area contributed by atoms with E-state index in [1.54, 1.807) is 0 Å². The third-order valence-electron chi connectivity index (χ3n) is 3.28. The topological polar surface area (TPSA) is 54.0 Å². The van der Waals surface area contributed by atoms with E-state index in [2.05, 4.69) is 29.5 Å². The molecule has 0 unspecified atom stereocenters. The average molecular weight is 304 g/mol. The van der Waals surface area contributed by atoms with E-state index in [0.717, 1.165) is 43.1 Å². The number of carbonyl (C=O) groups excluding carboxylic acids is 1. The van der Waals surface area contributed by atoms with Crippen molar-refractivity contribution < 1.29 is 4.79 Å². The zero-order chi connectivity index (χ0) is 13.0. The van der Waals surface area contributed by atoms with Crippen LogP contribution in [0.2, 0.25) is 0 Å². The van der Waals surface area contributed by atoms with Crippen LogP contribution in [0.25, 0.3) is 0 Å². The van der Waals surface area contributed by atoms with Crippen LogP contribution in [0.3, 0.4) is 0 Å². The Hall–Kier alpha value is -0.650. The van der Waals surface area contributed by atoms with Crippen molar-refractivity contribution in [1.82, 2.24) is 10.3 Å². The van der Waals surface area contributed by atoms with Crippen molar-refractivity contribution in [2.24, 2.45) is 5.92 Å². The highest BCUT2D eigenvalue weighted by Crippen LogP contribution is 2.21. The summed E-state index contributed by atoms with van der Waals surface area (Å²) in [5, 5.41) is 9.09. The summed E-state index contributed by atoms with van der Waals surface area (Å²) in [6, 6.07) is 0.432. The molecule has 1 aliphatic heterocycles. The number of thiazole rings is 1. The van der Waals surface area contributed by atoms with E-state index in [4.69, 9.17) is 0 Å². The number of rotatable bonds is 4. The van der Waals surface area contributed by atoms with Crippen LogP contribution in [0.5, 0.6) is 0 Å². The van der Waals surface area contributed by atoms with Gasteiger partial charge in [0, 0.05) is 17.3 Å². The molecule has 2 atom stereocenters. The predicted molar refractivity (Wildman–Crippen MR) is 82.2 cm³/mol. The Morgan fingerprint density at radius 3 is 3.11 bits per heavy atom. The van der Waals surface area contributed by atoms with E-state index in [1.165, 1.54) is 11.3 Å². The smallest absolute Gasteiger partial charge is 0.229 e. The first kappa shape index (κ1) is 16.4. The van der Waals surface area contributed by atoms with E-state index in [1.807, 2.05) is 5.38 Å². The lowest BCUT2D eigenvalue weighted by molar-refractivity contribution is -0.120. The summed E-state index contributed by atoms with van der Waals surface area (Å²) < 4.78 is 0. The number of nitrogens with zero attached hydrogens (tertiary/aromatic N) is 1. The molecule has 1 saturated heterocycles. The number of aromatic nitrogens is 1. The number of nitrogens with one attached hydrogen (secondary N) is 2. The fourth-order valence-electron chi connectivity index (χ4n) is 2.31. The van der Waals surface area contributed by atoms with Crippen LogP contribution in [0, 0.1) is 5.92 Å². The number of halogens is 1. The van der Waals surface area contributed by atoms with Gasteiger partial charge in [0.25, 0.3) is 0 Å². The van der Waals surface area contributed by atoms with Crippen LogP contribution in [0.4, 0.5) is 5.13 Å². The van der Waals surface area contributed by atoms with Crippen molar-refractivity contribution in [1.29, 1.82) is 0 Å². The molecule has 0 radical (unpaired) electrons. The number of anilines is 1. The third-order valence-corrected chi connectivity index (χ3v) is 4.09. The van der Waals surface area contributed by atoms with Crippen LogP contribution < -0.4 is 10.6 Å². The van der Waals surface area contributed by atoms with Gasteiger partial charge in [0.2, 0.25) is 5.91 Å². The summed E-state index contributed by atoms with van der Waals surface area (Å²) in [6.07, 6.45) is 3.90. The van der Waals surface area contributed by atoms with Gasteiger partial charge < -0.3 is 10.6 Å². The Balaban J connectivity index is 0.00000180. The van der Waals surface area contributed by atoms with Crippen molar-refractivity contribution in [2.75, 3.05) is 11.9 Å². The second kappa shape index (κ2) is 7.82. The maximum absolute atomic E-state index is 12.1. The first-order chi connectivity index (χ1) is 8.69. The number of carbonyl (C=O) groups is 1. The molecule has 2 heterocycles. The number of hydrogen-bond acceptors (Lipinski definition) is 4. The first-order valence-corrected chi connectivity index (χ1v) is 7.55. The molecule has 108 valence electrons. The maximum atomic E-state index is 12.1. The fraction of sp³-hybridized carbons (Fsp3) is 0.692. The van der Waals surface area contributed by atoms with Crippen LogP contribution in [0.1, 0.15) is 38.8 Å². The van der Waals surface area contributed by atoms with Gasteiger partial charge in [-0.3, -0.25) is 4.79 Å². The Labute approximate surface area is 124 Å². The van der Waals surface area contributed by atoms with Gasteiger partial charge in [-0.05, 0) is 32.7 Å². The summed E-state index contributed by atoms with van der Waals surface area (Å²) >= 11 is 1.52. The molecule has 0 spiro atoms. The summed E-state index contributed by atoms with van der Waals surface area (Å²) in [4.78, 5) is 16.5. The molecule has 2 rings (SSSR count). The van der Waals surface area contributed by atoms with Crippen LogP contribution in [-0.4, -0.2) is 23.5 Å². The zero-order valence-corrected chi connectivity index (χ0v) is 13.1. The highest BCUT2D eigenvalue weighted by atomic mass is 35.5. The van der Waals surface area contributed by atoms with Crippen LogP contribution in [0.15, 0.2) is 5.38 Å². The Morgan fingerprint density at radius 1 is 1.63 bits per heavy atom. The molecule has 1 fully saturated rings. The summed E-state index contributed by atoms with van der Waals surface area (Å²) in [6.45, 7) is 5.19. The maximum Gasteiger partial charge on any atom is 0.229 e. The van der Waals surface area contributed by atoms with Gasteiger partial charge in [0.05, 0.1) is 5.69 Å². The van der Waals surface area contributed by atoms with Crippen molar-refractivity contribution >= 4 is 34.8 Å². The minimum atomic E-state index is 0. The van der Waals surface area contributed by atoms with Gasteiger partial charge >= 0.3 is 0 Å². The minimum Gasteiger partial charge on any atom is -0.314 e. The summed E-state index contributed by atoms with van der Waals surface area (Å²) in [5.41, 5.74) is 1.08. The molecule has 1 aliphatic rings. The lowest BCUT2D eigenvalue weighted by atomic mass is 9.92. The lowest BCUT2D eigenvalue weighted by Crippen LogP contribution is -2.40. The molecule has 4 nitrogen and oxygen atoms in total. The molecule has 2 N–H and O–H groups in total. The van der Waals surface area contributed by atoms with Crippen LogP contribution in [-0.2, 0) is 11.2 Å². The molecule has 19 heavy (non-hydrogen) atoms. The Morgan fingerprint density at radius 2 is 2.42 bits per heavy atom. The third kappa shape index (κ3) is 4.75. The first-order valence-electron chi connectivity index (χ1n) is 6.67. The molecule has 1 amide bonds. The van der Waals surface area contributed by atoms with E-state index in [-0.39, 0.29) is 24.2 Å². The lowest BCUT2D eigenvalue weighted by Gasteiger charge is -2.26. The van der Waals surface area contributed by atoms with Crippen molar-refractivity contribution in [3.8, 4) is 0 Å². The summed E-state index contributed by atoms with van der Waals surface area (Å²) in [5.74, 6) is 0.250. The molecule has 0 bridgehead atoms. The Bertz CT molecular complexity index is 410. The molecular weight excluding hydrogens is 282 g/mol. The molecule has 0 aliphatic carbocycles. The number of amides is 1. The molecule has 6 heteroatoms. The SMILES string of the molecule is CCCc1csc(NC(=O)[C@H]2CCN[C@@H](C)C2)n1.Cl. The average Bonchev–Trinajstić information content (AvgIpc) is 2.77. The molecular formula is C13H22ClN3OS.